The van der Waals surface area contributed by atoms with Crippen LogP contribution in [0.1, 0.15) is 28.8 Å². The van der Waals surface area contributed by atoms with E-state index < -0.39 is 15.8 Å². The molecule has 1 aromatic carbocycles. The Hall–Kier alpha value is -3.22. The van der Waals surface area contributed by atoms with Crippen molar-refractivity contribution in [3.8, 4) is 11.3 Å². The van der Waals surface area contributed by atoms with Gasteiger partial charge < -0.3 is 15.0 Å². The number of carbonyl (C=O) groups excluding carboxylic acids is 1. The number of morpholine rings is 1. The maximum atomic E-state index is 12.3. The van der Waals surface area contributed by atoms with Crippen LogP contribution in [0.2, 0.25) is 0 Å². The molecular formula is C26H35F2N5O4S. The van der Waals surface area contributed by atoms with Gasteiger partial charge in [0.25, 0.3) is 10.0 Å². The Morgan fingerprint density at radius 3 is 2.63 bits per heavy atom. The number of hydrogen-bond donors (Lipinski definition) is 2. The van der Waals surface area contributed by atoms with E-state index in [2.05, 4.69) is 29.0 Å². The molecular weight excluding hydrogens is 516 g/mol. The number of alkyl halides is 2. The zero-order valence-electron chi connectivity index (χ0n) is 21.2. The van der Waals surface area contributed by atoms with Gasteiger partial charge in [-0.3, -0.25) is 9.78 Å². The number of amides is 1. The summed E-state index contributed by atoms with van der Waals surface area (Å²) in [5, 5.41) is 4.50. The van der Waals surface area contributed by atoms with Crippen molar-refractivity contribution in [3.05, 3.63) is 54.4 Å². The molecule has 2 atom stereocenters. The summed E-state index contributed by atoms with van der Waals surface area (Å²) in [5.41, 5.74) is 2.36. The minimum Gasteiger partial charge on any atom is -0.372 e. The van der Waals surface area contributed by atoms with E-state index in [0.29, 0.717) is 5.69 Å². The van der Waals surface area contributed by atoms with Gasteiger partial charge in [0, 0.05) is 46.2 Å². The molecule has 1 aliphatic rings. The summed E-state index contributed by atoms with van der Waals surface area (Å²) in [7, 11) is -4.62. The second-order valence-electron chi connectivity index (χ2n) is 9.36. The fourth-order valence-corrected chi connectivity index (χ4v) is 4.94. The highest BCUT2D eigenvalue weighted by Crippen LogP contribution is 2.26. The van der Waals surface area contributed by atoms with Gasteiger partial charge in [-0.2, -0.15) is 8.78 Å². The quantitative estimate of drug-likeness (QED) is 0.370. The van der Waals surface area contributed by atoms with Crippen LogP contribution < -0.4 is 14.9 Å². The largest absolute Gasteiger partial charge is 0.372 e. The molecule has 12 heteroatoms. The van der Waals surface area contributed by atoms with E-state index in [-0.39, 0.29) is 46.9 Å². The van der Waals surface area contributed by atoms with Crippen LogP contribution in [0.15, 0.2) is 48.7 Å². The van der Waals surface area contributed by atoms with Gasteiger partial charge in [0.1, 0.15) is 5.82 Å². The number of sulfonamides is 1. The van der Waals surface area contributed by atoms with Crippen LogP contribution >= 0.6 is 0 Å². The smallest absolute Gasteiger partial charge is 0.350 e. The summed E-state index contributed by atoms with van der Waals surface area (Å²) in [6.07, 6.45) is 2.18. The number of anilines is 1. The van der Waals surface area contributed by atoms with Gasteiger partial charge in [-0.1, -0.05) is 18.2 Å². The molecule has 0 spiro atoms. The number of fused-ring (bicyclic) bond motifs is 1. The third kappa shape index (κ3) is 7.21. The first-order chi connectivity index (χ1) is 18.1. The van der Waals surface area contributed by atoms with Crippen molar-refractivity contribution in [3.63, 3.8) is 0 Å². The molecule has 208 valence electrons. The SMILES string of the molecule is C[C@@H]1CN(c2cccc(-c3ccc4cnc(CC(=O)NCCCNS(=O)(=O)C(F)F)cc4c3)n2)C[C@H](C)O1.[HH].[HH]. The van der Waals surface area contributed by atoms with Crippen molar-refractivity contribution in [2.75, 3.05) is 31.1 Å². The van der Waals surface area contributed by atoms with E-state index in [4.69, 9.17) is 9.72 Å². The summed E-state index contributed by atoms with van der Waals surface area (Å²) in [6.45, 7) is 5.63. The zero-order valence-corrected chi connectivity index (χ0v) is 22.0. The van der Waals surface area contributed by atoms with E-state index in [9.17, 15) is 22.0 Å². The minimum atomic E-state index is -4.62. The number of aromatic nitrogens is 2. The first-order valence-corrected chi connectivity index (χ1v) is 14.0. The van der Waals surface area contributed by atoms with Crippen LogP contribution in [-0.4, -0.2) is 68.4 Å². The number of hydrogen-bond acceptors (Lipinski definition) is 7. The standard InChI is InChI=1S/C26H31F2N5O4S.2H2/c1-17-15-33(16-18(2)37-17)24-6-3-5-23(32-24)19-7-8-20-14-30-22(12-21(20)11-19)13-25(34)29-9-4-10-31-38(35,36)26(27)28;;/h3,5-8,11-12,14,17-18,26,31H,4,9-10,13,15-16H2,1-2H3,(H,29,34);2*1H/t17-,18+;;. The molecule has 0 bridgehead atoms. The Bertz CT molecular complexity index is 1390. The fraction of sp³-hybridized carbons (Fsp3) is 0.423. The van der Waals surface area contributed by atoms with Gasteiger partial charge in [0.2, 0.25) is 5.91 Å². The first-order valence-electron chi connectivity index (χ1n) is 12.4. The van der Waals surface area contributed by atoms with Gasteiger partial charge in [-0.05, 0) is 49.9 Å². The monoisotopic (exact) mass is 551 g/mol. The van der Waals surface area contributed by atoms with E-state index in [1.165, 1.54) is 0 Å². The molecule has 0 radical (unpaired) electrons. The number of nitrogens with one attached hydrogen (secondary N) is 2. The highest BCUT2D eigenvalue weighted by atomic mass is 32.2. The Morgan fingerprint density at radius 2 is 1.89 bits per heavy atom. The second-order valence-corrected chi connectivity index (χ2v) is 11.1. The fourth-order valence-electron chi connectivity index (χ4n) is 4.39. The molecule has 3 heterocycles. The molecule has 0 unspecified atom stereocenters. The molecule has 2 aromatic heterocycles. The average Bonchev–Trinajstić information content (AvgIpc) is 2.87. The topological polar surface area (TPSA) is 114 Å². The van der Waals surface area contributed by atoms with Gasteiger partial charge in [0.05, 0.1) is 30.0 Å². The molecule has 0 saturated carbocycles. The first kappa shape index (κ1) is 27.8. The highest BCUT2D eigenvalue weighted by molar-refractivity contribution is 7.89. The van der Waals surface area contributed by atoms with Crippen LogP contribution in [0, 0.1) is 0 Å². The average molecular weight is 552 g/mol. The maximum Gasteiger partial charge on any atom is 0.350 e. The highest BCUT2D eigenvalue weighted by Gasteiger charge is 2.24. The molecule has 2 N–H and O–H groups in total. The zero-order chi connectivity index (χ0) is 27.3. The number of halogens is 2. The minimum absolute atomic E-state index is 0. The molecule has 1 amide bonds. The molecule has 1 saturated heterocycles. The van der Waals surface area contributed by atoms with Crippen molar-refractivity contribution in [2.45, 2.75) is 44.7 Å². The van der Waals surface area contributed by atoms with Crippen molar-refractivity contribution in [1.29, 1.82) is 0 Å². The molecule has 1 fully saturated rings. The van der Waals surface area contributed by atoms with Gasteiger partial charge in [-0.15, -0.1) is 0 Å². The van der Waals surface area contributed by atoms with Crippen molar-refractivity contribution in [2.24, 2.45) is 0 Å². The number of rotatable bonds is 10. The lowest BCUT2D eigenvalue weighted by Crippen LogP contribution is -2.45. The second kappa shape index (κ2) is 12.1. The number of pyridine rings is 2. The summed E-state index contributed by atoms with van der Waals surface area (Å²) in [4.78, 5) is 23.8. The van der Waals surface area contributed by atoms with Crippen LogP contribution in [0.25, 0.3) is 22.0 Å². The lowest BCUT2D eigenvalue weighted by Gasteiger charge is -2.36. The summed E-state index contributed by atoms with van der Waals surface area (Å²) >= 11 is 0. The molecule has 1 aliphatic heterocycles. The van der Waals surface area contributed by atoms with E-state index in [0.717, 1.165) is 40.9 Å². The molecule has 3 aromatic rings. The van der Waals surface area contributed by atoms with E-state index in [1.807, 2.05) is 42.5 Å². The number of carbonyl (C=O) groups is 1. The predicted octanol–water partition coefficient (Wildman–Crippen LogP) is 3.59. The summed E-state index contributed by atoms with van der Waals surface area (Å²) in [6, 6.07) is 13.8. The van der Waals surface area contributed by atoms with Gasteiger partial charge in [-0.25, -0.2) is 18.1 Å². The lowest BCUT2D eigenvalue weighted by atomic mass is 10.0. The van der Waals surface area contributed by atoms with Crippen molar-refractivity contribution >= 4 is 32.5 Å². The number of benzene rings is 1. The number of ether oxygens (including phenoxy) is 1. The third-order valence-corrected chi connectivity index (χ3v) is 7.18. The van der Waals surface area contributed by atoms with Crippen molar-refractivity contribution in [1.82, 2.24) is 20.0 Å². The van der Waals surface area contributed by atoms with E-state index >= 15 is 0 Å². The Balaban J connectivity index is 0.00000280. The van der Waals surface area contributed by atoms with E-state index in [1.54, 1.807) is 10.9 Å². The predicted molar refractivity (Wildman–Crippen MR) is 146 cm³/mol. The van der Waals surface area contributed by atoms with Crippen LogP contribution in [-0.2, 0) is 26.0 Å². The van der Waals surface area contributed by atoms with Crippen molar-refractivity contribution < 1.29 is 29.6 Å². The Kier molecular flexibility index (Phi) is 8.85. The molecule has 4 rings (SSSR count). The number of nitrogens with zero attached hydrogens (tertiary/aromatic N) is 3. The van der Waals surface area contributed by atoms with Gasteiger partial charge in [0.15, 0.2) is 0 Å². The van der Waals surface area contributed by atoms with Crippen LogP contribution in [0.5, 0.6) is 0 Å². The normalized spacial score (nSPS) is 18.2. The van der Waals surface area contributed by atoms with Gasteiger partial charge >= 0.3 is 5.76 Å². The third-order valence-electron chi connectivity index (χ3n) is 6.11. The summed E-state index contributed by atoms with van der Waals surface area (Å²) in [5.74, 6) is -2.87. The lowest BCUT2D eigenvalue weighted by molar-refractivity contribution is -0.120. The molecule has 0 aliphatic carbocycles. The Morgan fingerprint density at radius 1 is 1.13 bits per heavy atom. The maximum absolute atomic E-state index is 12.3. The van der Waals surface area contributed by atoms with Crippen LogP contribution in [0.3, 0.4) is 0 Å². The summed E-state index contributed by atoms with van der Waals surface area (Å²) < 4.78 is 54.3. The molecule has 9 nitrogen and oxygen atoms in total. The molecule has 38 heavy (non-hydrogen) atoms. The van der Waals surface area contributed by atoms with Crippen LogP contribution in [0.4, 0.5) is 14.6 Å². The Labute approximate surface area is 223 Å².